The summed E-state index contributed by atoms with van der Waals surface area (Å²) in [7, 11) is 0. The number of piperidine rings is 1. The zero-order valence-electron chi connectivity index (χ0n) is 9.60. The van der Waals surface area contributed by atoms with Crippen LogP contribution in [0.4, 0.5) is 0 Å². The quantitative estimate of drug-likeness (QED) is 0.677. The summed E-state index contributed by atoms with van der Waals surface area (Å²) in [5, 5.41) is 6.16. The van der Waals surface area contributed by atoms with Gasteiger partial charge in [-0.25, -0.2) is 0 Å². The van der Waals surface area contributed by atoms with Crippen LogP contribution in [-0.2, 0) is 4.79 Å². The molecule has 0 aromatic carbocycles. The zero-order chi connectivity index (χ0) is 11.3. The lowest BCUT2D eigenvalue weighted by atomic mass is 9.77. The topological polar surface area (TPSA) is 41.1 Å². The van der Waals surface area contributed by atoms with Gasteiger partial charge in [0.25, 0.3) is 0 Å². The van der Waals surface area contributed by atoms with Gasteiger partial charge >= 0.3 is 0 Å². The third kappa shape index (κ3) is 2.73. The van der Waals surface area contributed by atoms with Crippen LogP contribution in [-0.4, -0.2) is 25.0 Å². The molecule has 1 aliphatic heterocycles. The van der Waals surface area contributed by atoms with Crippen LogP contribution >= 0.6 is 0 Å². The molecule has 1 aliphatic rings. The molecule has 1 amide bonds. The van der Waals surface area contributed by atoms with Crippen molar-refractivity contribution in [3.63, 3.8) is 0 Å². The van der Waals surface area contributed by atoms with E-state index in [2.05, 4.69) is 23.5 Å². The van der Waals surface area contributed by atoms with E-state index in [0.717, 1.165) is 32.4 Å². The van der Waals surface area contributed by atoms with Gasteiger partial charge in [-0.1, -0.05) is 12.8 Å². The van der Waals surface area contributed by atoms with Gasteiger partial charge in [0.2, 0.25) is 5.91 Å². The van der Waals surface area contributed by atoms with Crippen LogP contribution in [0.15, 0.2) is 0 Å². The van der Waals surface area contributed by atoms with Crippen molar-refractivity contribution in [1.82, 2.24) is 10.6 Å². The molecule has 0 aromatic rings. The van der Waals surface area contributed by atoms with Gasteiger partial charge in [-0.2, -0.15) is 0 Å². The van der Waals surface area contributed by atoms with Gasteiger partial charge in [-0.3, -0.25) is 4.79 Å². The monoisotopic (exact) mass is 208 g/mol. The largest absolute Gasteiger partial charge is 0.342 e. The molecule has 1 heterocycles. The molecule has 3 heteroatoms. The van der Waals surface area contributed by atoms with Crippen molar-refractivity contribution in [2.75, 3.05) is 13.1 Å². The van der Waals surface area contributed by atoms with E-state index in [0.29, 0.717) is 0 Å². The maximum absolute atomic E-state index is 12.1. The Labute approximate surface area is 92.0 Å². The highest BCUT2D eigenvalue weighted by molar-refractivity contribution is 5.83. The lowest BCUT2D eigenvalue weighted by Gasteiger charge is -2.35. The number of carbonyl (C=O) groups excluding carboxylic acids is 1. The van der Waals surface area contributed by atoms with Gasteiger partial charge in [0.1, 0.15) is 0 Å². The highest BCUT2D eigenvalue weighted by atomic mass is 16.2. The lowest BCUT2D eigenvalue weighted by molar-refractivity contribution is -0.132. The molecule has 0 aliphatic carbocycles. The van der Waals surface area contributed by atoms with E-state index in [9.17, 15) is 4.79 Å². The Kier molecular flexibility index (Phi) is 4.16. The van der Waals surface area contributed by atoms with Crippen molar-refractivity contribution in [1.29, 1.82) is 0 Å². The zero-order valence-corrected chi connectivity index (χ0v) is 9.60. The molecule has 84 valence electrons. The Morgan fingerprint density at radius 2 is 2.47 bits per heavy atom. The van der Waals surface area contributed by atoms with Gasteiger partial charge in [-0.05, 0) is 32.7 Å². The van der Waals surface area contributed by atoms with Crippen LogP contribution in [0, 0.1) is 17.8 Å². The number of terminal acetylenes is 1. The van der Waals surface area contributed by atoms with Crippen molar-refractivity contribution in [2.45, 2.75) is 39.2 Å². The molecule has 1 rings (SSSR count). The summed E-state index contributed by atoms with van der Waals surface area (Å²) in [4.78, 5) is 12.1. The maximum Gasteiger partial charge on any atom is 0.228 e. The second-order valence-electron chi connectivity index (χ2n) is 4.28. The smallest absolute Gasteiger partial charge is 0.228 e. The van der Waals surface area contributed by atoms with E-state index < -0.39 is 0 Å². The second kappa shape index (κ2) is 5.18. The molecular formula is C12H20N2O. The molecule has 0 spiro atoms. The summed E-state index contributed by atoms with van der Waals surface area (Å²) in [6.07, 6.45) is 8.14. The summed E-state index contributed by atoms with van der Waals surface area (Å²) in [6, 6.07) is -0.178. The van der Waals surface area contributed by atoms with E-state index in [1.807, 2.05) is 6.92 Å². The maximum atomic E-state index is 12.1. The van der Waals surface area contributed by atoms with Crippen LogP contribution in [0.25, 0.3) is 0 Å². The Morgan fingerprint density at radius 1 is 1.73 bits per heavy atom. The molecule has 2 N–H and O–H groups in total. The number of nitrogens with one attached hydrogen (secondary N) is 2. The summed E-state index contributed by atoms with van der Waals surface area (Å²) in [5.74, 6) is 2.62. The molecule has 0 bridgehead atoms. The number of hydrogen-bond acceptors (Lipinski definition) is 2. The summed E-state index contributed by atoms with van der Waals surface area (Å²) in [6.45, 7) is 5.68. The standard InChI is InChI=1S/C12H20N2O/c1-4-10(3)14-11(15)12(5-2)7-6-8-13-9-12/h1,10,13H,5-9H2,2-3H3,(H,14,15). The van der Waals surface area contributed by atoms with E-state index in [-0.39, 0.29) is 17.4 Å². The fourth-order valence-corrected chi connectivity index (χ4v) is 2.02. The molecule has 0 saturated carbocycles. The van der Waals surface area contributed by atoms with E-state index >= 15 is 0 Å². The van der Waals surface area contributed by atoms with Crippen molar-refractivity contribution >= 4 is 5.91 Å². The molecule has 3 nitrogen and oxygen atoms in total. The van der Waals surface area contributed by atoms with Gasteiger partial charge in [0, 0.05) is 6.54 Å². The minimum atomic E-state index is -0.247. The highest BCUT2D eigenvalue weighted by Crippen LogP contribution is 2.30. The first-order valence-corrected chi connectivity index (χ1v) is 5.62. The van der Waals surface area contributed by atoms with Crippen LogP contribution in [0.5, 0.6) is 0 Å². The Hall–Kier alpha value is -1.01. The van der Waals surface area contributed by atoms with Crippen LogP contribution in [0.2, 0.25) is 0 Å². The normalized spacial score (nSPS) is 27.8. The summed E-state index contributed by atoms with van der Waals surface area (Å²) >= 11 is 0. The molecule has 1 fully saturated rings. The van der Waals surface area contributed by atoms with Crippen LogP contribution < -0.4 is 10.6 Å². The third-order valence-electron chi connectivity index (χ3n) is 3.23. The fourth-order valence-electron chi connectivity index (χ4n) is 2.02. The van der Waals surface area contributed by atoms with Crippen molar-refractivity contribution in [2.24, 2.45) is 5.41 Å². The minimum absolute atomic E-state index is 0.0997. The van der Waals surface area contributed by atoms with Gasteiger partial charge in [0.15, 0.2) is 0 Å². The lowest BCUT2D eigenvalue weighted by Crippen LogP contribution is -2.51. The summed E-state index contributed by atoms with van der Waals surface area (Å²) in [5.41, 5.74) is -0.247. The molecule has 1 saturated heterocycles. The molecule has 0 radical (unpaired) electrons. The van der Waals surface area contributed by atoms with Crippen LogP contribution in [0.1, 0.15) is 33.1 Å². The number of rotatable bonds is 3. The first-order chi connectivity index (χ1) is 7.14. The van der Waals surface area contributed by atoms with E-state index in [4.69, 9.17) is 6.42 Å². The molecule has 2 unspecified atom stereocenters. The number of amides is 1. The third-order valence-corrected chi connectivity index (χ3v) is 3.23. The predicted octanol–water partition coefficient (Wildman–Crippen LogP) is 0.904. The molecule has 15 heavy (non-hydrogen) atoms. The fraction of sp³-hybridized carbons (Fsp3) is 0.750. The molecule has 2 atom stereocenters. The molecule has 0 aromatic heterocycles. The highest BCUT2D eigenvalue weighted by Gasteiger charge is 2.37. The number of hydrogen-bond donors (Lipinski definition) is 2. The first-order valence-electron chi connectivity index (χ1n) is 5.62. The van der Waals surface area contributed by atoms with Gasteiger partial charge in [0.05, 0.1) is 11.5 Å². The van der Waals surface area contributed by atoms with E-state index in [1.165, 1.54) is 0 Å². The second-order valence-corrected chi connectivity index (χ2v) is 4.28. The van der Waals surface area contributed by atoms with Crippen LogP contribution in [0.3, 0.4) is 0 Å². The molecular weight excluding hydrogens is 188 g/mol. The van der Waals surface area contributed by atoms with Gasteiger partial charge in [-0.15, -0.1) is 6.42 Å². The Balaban J connectivity index is 2.64. The summed E-state index contributed by atoms with van der Waals surface area (Å²) < 4.78 is 0. The van der Waals surface area contributed by atoms with Crippen molar-refractivity contribution in [3.05, 3.63) is 0 Å². The van der Waals surface area contributed by atoms with E-state index in [1.54, 1.807) is 0 Å². The Morgan fingerprint density at radius 3 is 2.93 bits per heavy atom. The first kappa shape index (κ1) is 12.1. The number of carbonyl (C=O) groups is 1. The van der Waals surface area contributed by atoms with Crippen molar-refractivity contribution in [3.8, 4) is 12.3 Å². The average molecular weight is 208 g/mol. The van der Waals surface area contributed by atoms with Crippen molar-refractivity contribution < 1.29 is 4.79 Å². The predicted molar refractivity (Wildman–Crippen MR) is 61.3 cm³/mol. The van der Waals surface area contributed by atoms with Gasteiger partial charge < -0.3 is 10.6 Å². The SMILES string of the molecule is C#CC(C)NC(=O)C1(CC)CCCNC1. The average Bonchev–Trinajstić information content (AvgIpc) is 2.29. The Bertz CT molecular complexity index is 261. The minimum Gasteiger partial charge on any atom is -0.342 e.